The Labute approximate surface area is 168 Å². The lowest BCUT2D eigenvalue weighted by Gasteiger charge is -2.27. The van der Waals surface area contributed by atoms with E-state index in [9.17, 15) is 4.79 Å². The van der Waals surface area contributed by atoms with Gasteiger partial charge in [-0.1, -0.05) is 0 Å². The Morgan fingerprint density at radius 2 is 1.55 bits per heavy atom. The summed E-state index contributed by atoms with van der Waals surface area (Å²) in [5, 5.41) is 3.41. The maximum Gasteiger partial charge on any atom is 0.262 e. The van der Waals surface area contributed by atoms with Crippen LogP contribution in [0.15, 0.2) is 60.8 Å². The monoisotopic (exact) mass is 391 g/mol. The molecule has 1 N–H and O–H groups in total. The first-order chi connectivity index (χ1) is 14.1. The Morgan fingerprint density at radius 3 is 2.17 bits per heavy atom. The Kier molecular flexibility index (Phi) is 4.95. The van der Waals surface area contributed by atoms with Crippen LogP contribution in [0.4, 0.5) is 11.4 Å². The fourth-order valence-corrected chi connectivity index (χ4v) is 3.38. The average molecular weight is 391 g/mol. The lowest BCUT2D eigenvalue weighted by Crippen LogP contribution is -2.32. The second-order valence-electron chi connectivity index (χ2n) is 6.46. The van der Waals surface area contributed by atoms with E-state index in [-0.39, 0.29) is 5.91 Å². The molecule has 0 spiro atoms. The summed E-state index contributed by atoms with van der Waals surface area (Å²) in [7, 11) is 4.80. The highest BCUT2D eigenvalue weighted by molar-refractivity contribution is 6.11. The van der Waals surface area contributed by atoms with Crippen LogP contribution in [0, 0.1) is 0 Å². The minimum Gasteiger partial charge on any atom is -0.497 e. The molecule has 0 saturated heterocycles. The Balaban J connectivity index is 1.76. The van der Waals surface area contributed by atoms with E-state index in [1.807, 2.05) is 36.4 Å². The van der Waals surface area contributed by atoms with E-state index in [1.165, 1.54) is 0 Å². The number of methoxy groups -OCH3 is 3. The molecule has 148 valence electrons. The number of rotatable bonds is 6. The van der Waals surface area contributed by atoms with Crippen molar-refractivity contribution in [2.45, 2.75) is 6.17 Å². The zero-order chi connectivity index (χ0) is 20.4. The Hall–Kier alpha value is -3.74. The first kappa shape index (κ1) is 18.6. The molecule has 29 heavy (non-hydrogen) atoms. The molecule has 0 radical (unpaired) electrons. The number of pyridine rings is 1. The molecule has 2 aromatic carbocycles. The molecular weight excluding hydrogens is 370 g/mol. The molecule has 2 heterocycles. The smallest absolute Gasteiger partial charge is 0.262 e. The van der Waals surface area contributed by atoms with E-state index >= 15 is 0 Å². The van der Waals surface area contributed by atoms with Crippen molar-refractivity contribution in [1.29, 1.82) is 0 Å². The quantitative estimate of drug-likeness (QED) is 0.688. The van der Waals surface area contributed by atoms with Crippen LogP contribution < -0.4 is 24.4 Å². The summed E-state index contributed by atoms with van der Waals surface area (Å²) in [5.74, 6) is 1.89. The molecule has 0 aliphatic carbocycles. The molecule has 0 bridgehead atoms. The van der Waals surface area contributed by atoms with Crippen LogP contribution in [0.3, 0.4) is 0 Å². The number of benzene rings is 2. The first-order valence-electron chi connectivity index (χ1n) is 9.06. The topological polar surface area (TPSA) is 72.9 Å². The molecule has 0 unspecified atom stereocenters. The number of hydrogen-bond donors (Lipinski definition) is 1. The van der Waals surface area contributed by atoms with Gasteiger partial charge in [0, 0.05) is 35.8 Å². The predicted octanol–water partition coefficient (Wildman–Crippen LogP) is 3.88. The maximum atomic E-state index is 13.2. The van der Waals surface area contributed by atoms with Crippen LogP contribution in [0.25, 0.3) is 0 Å². The third-order valence-electron chi connectivity index (χ3n) is 4.81. The molecule has 7 nitrogen and oxygen atoms in total. The average Bonchev–Trinajstić information content (AvgIpc) is 3.05. The van der Waals surface area contributed by atoms with Crippen LogP contribution >= 0.6 is 0 Å². The minimum atomic E-state index is -0.482. The largest absolute Gasteiger partial charge is 0.497 e. The zero-order valence-corrected chi connectivity index (χ0v) is 16.4. The molecule has 1 aromatic heterocycles. The minimum absolute atomic E-state index is 0.120. The van der Waals surface area contributed by atoms with Gasteiger partial charge in [0.05, 0.1) is 32.6 Å². The van der Waals surface area contributed by atoms with Crippen LogP contribution in [0.1, 0.15) is 22.2 Å². The van der Waals surface area contributed by atoms with Crippen molar-refractivity contribution in [1.82, 2.24) is 4.98 Å². The molecule has 3 aromatic rings. The highest BCUT2D eigenvalue weighted by atomic mass is 16.5. The lowest BCUT2D eigenvalue weighted by molar-refractivity contribution is 0.0993. The van der Waals surface area contributed by atoms with Crippen molar-refractivity contribution >= 4 is 17.3 Å². The van der Waals surface area contributed by atoms with Gasteiger partial charge in [-0.3, -0.25) is 14.7 Å². The number of carbonyl (C=O) groups excluding carboxylic acids is 1. The van der Waals surface area contributed by atoms with E-state index in [2.05, 4.69) is 10.3 Å². The number of aromatic nitrogens is 1. The van der Waals surface area contributed by atoms with Gasteiger partial charge in [0.1, 0.15) is 17.2 Å². The van der Waals surface area contributed by atoms with E-state index in [0.717, 1.165) is 17.1 Å². The van der Waals surface area contributed by atoms with Crippen molar-refractivity contribution in [2.75, 3.05) is 31.5 Å². The van der Waals surface area contributed by atoms with Crippen LogP contribution in [-0.4, -0.2) is 32.2 Å². The van der Waals surface area contributed by atoms with Gasteiger partial charge in [-0.05, 0) is 36.4 Å². The molecule has 1 aliphatic rings. The predicted molar refractivity (Wildman–Crippen MR) is 110 cm³/mol. The summed E-state index contributed by atoms with van der Waals surface area (Å²) in [6.45, 7) is 0. The first-order valence-corrected chi connectivity index (χ1v) is 9.06. The van der Waals surface area contributed by atoms with Gasteiger partial charge in [0.2, 0.25) is 0 Å². The summed E-state index contributed by atoms with van der Waals surface area (Å²) in [6.07, 6.45) is 1.20. The molecule has 1 atom stereocenters. The van der Waals surface area contributed by atoms with Crippen LogP contribution in [-0.2, 0) is 0 Å². The van der Waals surface area contributed by atoms with Gasteiger partial charge in [0.15, 0.2) is 6.17 Å². The van der Waals surface area contributed by atoms with Crippen molar-refractivity contribution in [2.24, 2.45) is 0 Å². The van der Waals surface area contributed by atoms with Gasteiger partial charge >= 0.3 is 0 Å². The molecule has 1 amide bonds. The van der Waals surface area contributed by atoms with E-state index in [1.54, 1.807) is 50.6 Å². The summed E-state index contributed by atoms with van der Waals surface area (Å²) in [6, 6.07) is 16.4. The molecule has 7 heteroatoms. The van der Waals surface area contributed by atoms with E-state index in [4.69, 9.17) is 14.2 Å². The summed E-state index contributed by atoms with van der Waals surface area (Å²) >= 11 is 0. The Morgan fingerprint density at radius 1 is 0.897 bits per heavy atom. The van der Waals surface area contributed by atoms with Gasteiger partial charge in [-0.15, -0.1) is 0 Å². The standard InChI is InChI=1S/C22H21N3O4/c1-27-16-8-6-15(7-9-16)25-21(20-19(22(25)26)5-4-10-23-20)24-14-11-17(28-2)13-18(12-14)29-3/h4-13,21,24H,1-3H3/t21-/m0/s1. The zero-order valence-electron chi connectivity index (χ0n) is 16.4. The maximum absolute atomic E-state index is 13.2. The molecule has 1 aliphatic heterocycles. The van der Waals surface area contributed by atoms with E-state index < -0.39 is 6.17 Å². The third kappa shape index (κ3) is 3.42. The fraction of sp³-hybridized carbons (Fsp3) is 0.182. The van der Waals surface area contributed by atoms with Crippen LogP contribution in [0.5, 0.6) is 17.2 Å². The molecule has 4 rings (SSSR count). The highest BCUT2D eigenvalue weighted by Crippen LogP contribution is 2.38. The number of fused-ring (bicyclic) bond motifs is 1. The molecule has 0 saturated carbocycles. The second-order valence-corrected chi connectivity index (χ2v) is 6.46. The summed E-state index contributed by atoms with van der Waals surface area (Å²) in [5.41, 5.74) is 2.71. The lowest BCUT2D eigenvalue weighted by atomic mass is 10.2. The van der Waals surface area contributed by atoms with Gasteiger partial charge in [-0.2, -0.15) is 0 Å². The number of carbonyl (C=O) groups is 1. The van der Waals surface area contributed by atoms with Gasteiger partial charge in [-0.25, -0.2) is 0 Å². The van der Waals surface area contributed by atoms with Crippen molar-refractivity contribution in [3.63, 3.8) is 0 Å². The van der Waals surface area contributed by atoms with E-state index in [0.29, 0.717) is 22.8 Å². The highest BCUT2D eigenvalue weighted by Gasteiger charge is 2.39. The van der Waals surface area contributed by atoms with Gasteiger partial charge < -0.3 is 19.5 Å². The number of hydrogen-bond acceptors (Lipinski definition) is 6. The number of anilines is 2. The molecular formula is C22H21N3O4. The number of ether oxygens (including phenoxy) is 3. The SMILES string of the molecule is COc1ccc(N2C(=O)c3cccnc3[C@H]2Nc2cc(OC)cc(OC)c2)cc1. The molecule has 0 fully saturated rings. The normalized spacial score (nSPS) is 15.1. The summed E-state index contributed by atoms with van der Waals surface area (Å²) < 4.78 is 16.0. The van der Waals surface area contributed by atoms with Crippen molar-refractivity contribution in [3.05, 3.63) is 72.1 Å². The number of amides is 1. The van der Waals surface area contributed by atoms with Gasteiger partial charge in [0.25, 0.3) is 5.91 Å². The fourth-order valence-electron chi connectivity index (χ4n) is 3.38. The van der Waals surface area contributed by atoms with Crippen molar-refractivity contribution in [3.8, 4) is 17.2 Å². The summed E-state index contributed by atoms with van der Waals surface area (Å²) in [4.78, 5) is 19.3. The third-order valence-corrected chi connectivity index (χ3v) is 4.81. The number of nitrogens with one attached hydrogen (secondary N) is 1. The van der Waals surface area contributed by atoms with Crippen LogP contribution in [0.2, 0.25) is 0 Å². The second kappa shape index (κ2) is 7.71. The van der Waals surface area contributed by atoms with Crippen molar-refractivity contribution < 1.29 is 19.0 Å². The Bertz CT molecular complexity index is 1010. The number of nitrogens with zero attached hydrogens (tertiary/aromatic N) is 2.